The van der Waals surface area contributed by atoms with E-state index in [1.807, 2.05) is 48.5 Å². The SMILES string of the molecule is O=C(Nc1ccc(F)cc1)[C@@H](Sc1ccc2c(c1)OCCO2)c1ccccc1. The van der Waals surface area contributed by atoms with Gasteiger partial charge in [-0.3, -0.25) is 4.79 Å². The van der Waals surface area contributed by atoms with Crippen LogP contribution in [-0.4, -0.2) is 19.1 Å². The lowest BCUT2D eigenvalue weighted by Gasteiger charge is -2.21. The summed E-state index contributed by atoms with van der Waals surface area (Å²) < 4.78 is 24.3. The van der Waals surface area contributed by atoms with Crippen molar-refractivity contribution in [3.63, 3.8) is 0 Å². The highest BCUT2D eigenvalue weighted by molar-refractivity contribution is 8.00. The Morgan fingerprint density at radius 1 is 0.929 bits per heavy atom. The van der Waals surface area contributed by atoms with Crippen molar-refractivity contribution < 1.29 is 18.7 Å². The highest BCUT2D eigenvalue weighted by Gasteiger charge is 2.23. The van der Waals surface area contributed by atoms with E-state index in [0.29, 0.717) is 30.4 Å². The minimum absolute atomic E-state index is 0.183. The molecule has 1 N–H and O–H groups in total. The van der Waals surface area contributed by atoms with E-state index < -0.39 is 5.25 Å². The highest BCUT2D eigenvalue weighted by Crippen LogP contribution is 2.40. The van der Waals surface area contributed by atoms with Crippen molar-refractivity contribution >= 4 is 23.4 Å². The van der Waals surface area contributed by atoms with Gasteiger partial charge < -0.3 is 14.8 Å². The maximum absolute atomic E-state index is 13.1. The zero-order chi connectivity index (χ0) is 19.3. The van der Waals surface area contributed by atoms with Crippen molar-refractivity contribution in [2.45, 2.75) is 10.1 Å². The van der Waals surface area contributed by atoms with Gasteiger partial charge in [0.05, 0.1) is 0 Å². The molecule has 1 amide bonds. The lowest BCUT2D eigenvalue weighted by atomic mass is 10.1. The highest BCUT2D eigenvalue weighted by atomic mass is 32.2. The van der Waals surface area contributed by atoms with Crippen LogP contribution in [0.15, 0.2) is 77.7 Å². The van der Waals surface area contributed by atoms with Gasteiger partial charge in [-0.2, -0.15) is 0 Å². The van der Waals surface area contributed by atoms with Crippen LogP contribution < -0.4 is 14.8 Å². The van der Waals surface area contributed by atoms with E-state index in [4.69, 9.17) is 9.47 Å². The summed E-state index contributed by atoms with van der Waals surface area (Å²) in [6.45, 7) is 1.04. The first-order valence-electron chi connectivity index (χ1n) is 8.87. The molecule has 0 bridgehead atoms. The predicted molar refractivity (Wildman–Crippen MR) is 108 cm³/mol. The Morgan fingerprint density at radius 2 is 1.64 bits per heavy atom. The van der Waals surface area contributed by atoms with Crippen molar-refractivity contribution in [2.75, 3.05) is 18.5 Å². The van der Waals surface area contributed by atoms with Crippen molar-refractivity contribution in [2.24, 2.45) is 0 Å². The molecule has 3 aromatic carbocycles. The summed E-state index contributed by atoms with van der Waals surface area (Å²) in [7, 11) is 0. The third-order valence-corrected chi connectivity index (χ3v) is 5.47. The number of nitrogens with one attached hydrogen (secondary N) is 1. The van der Waals surface area contributed by atoms with Crippen LogP contribution in [0.3, 0.4) is 0 Å². The molecule has 1 aliphatic heterocycles. The summed E-state index contributed by atoms with van der Waals surface area (Å²) in [5.74, 6) is 0.866. The average molecular weight is 395 g/mol. The van der Waals surface area contributed by atoms with E-state index in [1.165, 1.54) is 23.9 Å². The quantitative estimate of drug-likeness (QED) is 0.613. The standard InChI is InChI=1S/C22H18FNO3S/c23-16-6-8-17(9-7-16)24-22(25)21(15-4-2-1-3-5-15)28-18-10-11-19-20(14-18)27-13-12-26-19/h1-11,14,21H,12-13H2,(H,24,25)/t21-/m0/s1. The van der Waals surface area contributed by atoms with Crippen LogP contribution in [0.4, 0.5) is 10.1 Å². The van der Waals surface area contributed by atoms with Gasteiger partial charge in [-0.1, -0.05) is 30.3 Å². The minimum atomic E-state index is -0.478. The first-order chi connectivity index (χ1) is 13.7. The van der Waals surface area contributed by atoms with E-state index >= 15 is 0 Å². The summed E-state index contributed by atoms with van der Waals surface area (Å²) in [5, 5.41) is 2.39. The van der Waals surface area contributed by atoms with Crippen LogP contribution in [0, 0.1) is 5.82 Å². The molecule has 0 aliphatic carbocycles. The van der Waals surface area contributed by atoms with Gasteiger partial charge in [0.1, 0.15) is 24.3 Å². The molecular weight excluding hydrogens is 377 g/mol. The number of carbonyl (C=O) groups excluding carboxylic acids is 1. The summed E-state index contributed by atoms with van der Waals surface area (Å²) >= 11 is 1.42. The van der Waals surface area contributed by atoms with Crippen molar-refractivity contribution in [3.05, 3.63) is 84.2 Å². The number of carbonyl (C=O) groups is 1. The molecule has 1 heterocycles. The minimum Gasteiger partial charge on any atom is -0.486 e. The second-order valence-electron chi connectivity index (χ2n) is 6.21. The summed E-state index contributed by atoms with van der Waals surface area (Å²) in [6, 6.07) is 20.9. The number of amides is 1. The van der Waals surface area contributed by atoms with E-state index in [9.17, 15) is 9.18 Å². The molecule has 0 unspecified atom stereocenters. The molecule has 4 rings (SSSR count). The van der Waals surface area contributed by atoms with E-state index in [1.54, 1.807) is 12.1 Å². The molecule has 0 saturated heterocycles. The first-order valence-corrected chi connectivity index (χ1v) is 9.75. The molecule has 0 saturated carbocycles. The van der Waals surface area contributed by atoms with Gasteiger partial charge in [-0.25, -0.2) is 4.39 Å². The topological polar surface area (TPSA) is 47.6 Å². The Labute approximate surface area is 166 Å². The van der Waals surface area contributed by atoms with Gasteiger partial charge >= 0.3 is 0 Å². The van der Waals surface area contributed by atoms with Gasteiger partial charge in [-0.15, -0.1) is 11.8 Å². The van der Waals surface area contributed by atoms with E-state index in [0.717, 1.165) is 10.5 Å². The van der Waals surface area contributed by atoms with Crippen LogP contribution >= 0.6 is 11.8 Å². The monoisotopic (exact) mass is 395 g/mol. The maximum atomic E-state index is 13.1. The Morgan fingerprint density at radius 3 is 2.39 bits per heavy atom. The fourth-order valence-corrected chi connectivity index (χ4v) is 3.93. The Hall–Kier alpha value is -2.99. The van der Waals surface area contributed by atoms with Crippen molar-refractivity contribution in [1.82, 2.24) is 0 Å². The van der Waals surface area contributed by atoms with E-state index in [-0.39, 0.29) is 11.7 Å². The Bertz CT molecular complexity index is 963. The zero-order valence-electron chi connectivity index (χ0n) is 14.9. The van der Waals surface area contributed by atoms with Crippen molar-refractivity contribution in [3.8, 4) is 11.5 Å². The fraction of sp³-hybridized carbons (Fsp3) is 0.136. The number of halogens is 1. The smallest absolute Gasteiger partial charge is 0.242 e. The number of hydrogen-bond acceptors (Lipinski definition) is 4. The number of ether oxygens (including phenoxy) is 2. The molecule has 1 atom stereocenters. The number of hydrogen-bond donors (Lipinski definition) is 1. The van der Waals surface area contributed by atoms with Gasteiger partial charge in [0.15, 0.2) is 11.5 Å². The third kappa shape index (κ3) is 4.28. The largest absolute Gasteiger partial charge is 0.486 e. The maximum Gasteiger partial charge on any atom is 0.242 e. The molecule has 0 aromatic heterocycles. The summed E-state index contributed by atoms with van der Waals surface area (Å²) in [4.78, 5) is 13.9. The van der Waals surface area contributed by atoms with Crippen LogP contribution in [0.1, 0.15) is 10.8 Å². The lowest BCUT2D eigenvalue weighted by Crippen LogP contribution is -2.19. The van der Waals surface area contributed by atoms with Gasteiger partial charge in [0, 0.05) is 10.6 Å². The summed E-state index contributed by atoms with van der Waals surface area (Å²) in [6.07, 6.45) is 0. The van der Waals surface area contributed by atoms with E-state index in [2.05, 4.69) is 5.32 Å². The average Bonchev–Trinajstić information content (AvgIpc) is 2.74. The Kier molecular flexibility index (Phi) is 5.48. The van der Waals surface area contributed by atoms with Crippen molar-refractivity contribution in [1.29, 1.82) is 0 Å². The molecule has 1 aliphatic rings. The molecule has 3 aromatic rings. The molecule has 4 nitrogen and oxygen atoms in total. The summed E-state index contributed by atoms with van der Waals surface area (Å²) in [5.41, 5.74) is 1.43. The third-order valence-electron chi connectivity index (χ3n) is 4.22. The predicted octanol–water partition coefficient (Wildman–Crippen LogP) is 5.07. The van der Waals surface area contributed by atoms with Gasteiger partial charge in [0.2, 0.25) is 5.91 Å². The van der Waals surface area contributed by atoms with Crippen LogP contribution in [0.5, 0.6) is 11.5 Å². The number of benzene rings is 3. The van der Waals surface area contributed by atoms with Crippen LogP contribution in [0.25, 0.3) is 0 Å². The van der Waals surface area contributed by atoms with Crippen LogP contribution in [0.2, 0.25) is 0 Å². The molecule has 0 spiro atoms. The zero-order valence-corrected chi connectivity index (χ0v) is 15.7. The molecule has 28 heavy (non-hydrogen) atoms. The number of anilines is 1. The number of thioether (sulfide) groups is 1. The Balaban J connectivity index is 1.58. The molecule has 6 heteroatoms. The lowest BCUT2D eigenvalue weighted by molar-refractivity contribution is -0.115. The molecular formula is C22H18FNO3S. The van der Waals surface area contributed by atoms with Gasteiger partial charge in [-0.05, 0) is 48.0 Å². The number of fused-ring (bicyclic) bond motifs is 1. The first kappa shape index (κ1) is 18.4. The van der Waals surface area contributed by atoms with Gasteiger partial charge in [0.25, 0.3) is 0 Å². The van der Waals surface area contributed by atoms with Crippen LogP contribution in [-0.2, 0) is 4.79 Å². The second-order valence-corrected chi connectivity index (χ2v) is 7.39. The molecule has 0 radical (unpaired) electrons. The number of rotatable bonds is 5. The molecule has 142 valence electrons. The second kappa shape index (κ2) is 8.35. The molecule has 0 fully saturated rings. The normalized spacial score (nSPS) is 13.6. The fourth-order valence-electron chi connectivity index (χ4n) is 2.87.